The number of nitrogens with one attached hydrogen (secondary N) is 1. The van der Waals surface area contributed by atoms with Crippen LogP contribution >= 0.6 is 0 Å². The lowest BCUT2D eigenvalue weighted by atomic mass is 10.1. The minimum Gasteiger partial charge on any atom is -0.465 e. The van der Waals surface area contributed by atoms with Crippen LogP contribution in [-0.2, 0) is 22.4 Å². The number of anilines is 1. The molecule has 0 fully saturated rings. The Morgan fingerprint density at radius 1 is 1.15 bits per heavy atom. The van der Waals surface area contributed by atoms with Crippen LogP contribution in [0.5, 0.6) is 0 Å². The summed E-state index contributed by atoms with van der Waals surface area (Å²) >= 11 is 0. The van der Waals surface area contributed by atoms with Gasteiger partial charge in [-0.15, -0.1) is 0 Å². The standard InChI is InChI=1S/C20H24N4O2/c1-4-26-18(25)13-21-19-17(11-10-16-8-6-5-7-9-16)23-20-22-14(2)12-15(3)24(19)20/h5-9,12,21H,4,10-11,13H2,1-3H3. The molecule has 26 heavy (non-hydrogen) atoms. The molecular formula is C20H24N4O2. The maximum Gasteiger partial charge on any atom is 0.325 e. The molecule has 6 nitrogen and oxygen atoms in total. The Morgan fingerprint density at radius 2 is 1.92 bits per heavy atom. The van der Waals surface area contributed by atoms with E-state index in [1.807, 2.05) is 42.5 Å². The molecule has 1 aromatic carbocycles. The third kappa shape index (κ3) is 4.02. The number of hydrogen-bond acceptors (Lipinski definition) is 5. The second kappa shape index (κ2) is 7.99. The summed E-state index contributed by atoms with van der Waals surface area (Å²) in [4.78, 5) is 21.0. The molecule has 0 radical (unpaired) electrons. The molecule has 0 spiro atoms. The molecule has 0 aliphatic carbocycles. The summed E-state index contributed by atoms with van der Waals surface area (Å²) in [5.41, 5.74) is 4.10. The number of ether oxygens (including phenoxy) is 1. The molecule has 0 unspecified atom stereocenters. The van der Waals surface area contributed by atoms with Crippen LogP contribution in [0.1, 0.15) is 29.6 Å². The maximum absolute atomic E-state index is 11.8. The van der Waals surface area contributed by atoms with Crippen molar-refractivity contribution in [2.45, 2.75) is 33.6 Å². The van der Waals surface area contributed by atoms with Crippen molar-refractivity contribution in [2.75, 3.05) is 18.5 Å². The second-order valence-electron chi connectivity index (χ2n) is 6.23. The first-order chi connectivity index (χ1) is 12.6. The van der Waals surface area contributed by atoms with Crippen molar-refractivity contribution in [3.63, 3.8) is 0 Å². The fourth-order valence-corrected chi connectivity index (χ4v) is 3.05. The quantitative estimate of drug-likeness (QED) is 0.662. The highest BCUT2D eigenvalue weighted by Crippen LogP contribution is 2.21. The Hall–Kier alpha value is -2.89. The van der Waals surface area contributed by atoms with Gasteiger partial charge >= 0.3 is 5.97 Å². The van der Waals surface area contributed by atoms with Crippen molar-refractivity contribution in [1.29, 1.82) is 0 Å². The molecule has 6 heteroatoms. The largest absolute Gasteiger partial charge is 0.465 e. The van der Waals surface area contributed by atoms with Gasteiger partial charge in [-0.3, -0.25) is 9.20 Å². The maximum atomic E-state index is 11.8. The molecule has 0 atom stereocenters. The van der Waals surface area contributed by atoms with E-state index in [1.54, 1.807) is 6.92 Å². The van der Waals surface area contributed by atoms with E-state index in [-0.39, 0.29) is 12.5 Å². The van der Waals surface area contributed by atoms with E-state index < -0.39 is 0 Å². The zero-order chi connectivity index (χ0) is 18.5. The predicted molar refractivity (Wildman–Crippen MR) is 101 cm³/mol. The van der Waals surface area contributed by atoms with Crippen LogP contribution in [0, 0.1) is 13.8 Å². The average Bonchev–Trinajstić information content (AvgIpc) is 2.97. The van der Waals surface area contributed by atoms with Crippen LogP contribution < -0.4 is 5.32 Å². The van der Waals surface area contributed by atoms with Gasteiger partial charge in [-0.25, -0.2) is 9.97 Å². The summed E-state index contributed by atoms with van der Waals surface area (Å²) < 4.78 is 6.99. The Bertz CT molecular complexity index is 903. The highest BCUT2D eigenvalue weighted by Gasteiger charge is 2.16. The molecular weight excluding hydrogens is 328 g/mol. The van der Waals surface area contributed by atoms with E-state index in [4.69, 9.17) is 9.72 Å². The summed E-state index contributed by atoms with van der Waals surface area (Å²) in [5.74, 6) is 1.18. The van der Waals surface area contributed by atoms with Gasteiger partial charge < -0.3 is 10.1 Å². The number of benzene rings is 1. The van der Waals surface area contributed by atoms with Gasteiger partial charge in [0.2, 0.25) is 5.78 Å². The summed E-state index contributed by atoms with van der Waals surface area (Å²) in [6.45, 7) is 6.24. The van der Waals surface area contributed by atoms with E-state index in [2.05, 4.69) is 22.4 Å². The van der Waals surface area contributed by atoms with Gasteiger partial charge in [-0.05, 0) is 45.2 Å². The number of carbonyl (C=O) groups is 1. The molecule has 3 rings (SSSR count). The number of esters is 1. The van der Waals surface area contributed by atoms with Crippen molar-refractivity contribution in [3.8, 4) is 0 Å². The smallest absolute Gasteiger partial charge is 0.325 e. The van der Waals surface area contributed by atoms with Crippen LogP contribution in [0.25, 0.3) is 5.78 Å². The number of rotatable bonds is 7. The van der Waals surface area contributed by atoms with Crippen molar-refractivity contribution >= 4 is 17.6 Å². The summed E-state index contributed by atoms with van der Waals surface area (Å²) in [6, 6.07) is 12.3. The van der Waals surface area contributed by atoms with Crippen LogP contribution in [0.15, 0.2) is 36.4 Å². The van der Waals surface area contributed by atoms with Gasteiger partial charge in [0.15, 0.2) is 0 Å². The third-order valence-corrected chi connectivity index (χ3v) is 4.18. The Balaban J connectivity index is 1.90. The van der Waals surface area contributed by atoms with Gasteiger partial charge in [-0.2, -0.15) is 0 Å². The minimum absolute atomic E-state index is 0.104. The van der Waals surface area contributed by atoms with Crippen molar-refractivity contribution in [3.05, 3.63) is 59.0 Å². The number of hydrogen-bond donors (Lipinski definition) is 1. The van der Waals surface area contributed by atoms with Gasteiger partial charge in [0.25, 0.3) is 0 Å². The normalized spacial score (nSPS) is 10.9. The number of aromatic nitrogens is 3. The monoisotopic (exact) mass is 352 g/mol. The zero-order valence-corrected chi connectivity index (χ0v) is 15.5. The van der Waals surface area contributed by atoms with Crippen molar-refractivity contribution < 1.29 is 9.53 Å². The zero-order valence-electron chi connectivity index (χ0n) is 15.5. The molecule has 0 amide bonds. The van der Waals surface area contributed by atoms with Gasteiger partial charge in [0.1, 0.15) is 12.4 Å². The molecule has 0 saturated carbocycles. The van der Waals surface area contributed by atoms with E-state index >= 15 is 0 Å². The first kappa shape index (κ1) is 17.9. The molecule has 0 aliphatic heterocycles. The number of nitrogens with zero attached hydrogens (tertiary/aromatic N) is 3. The topological polar surface area (TPSA) is 68.5 Å². The second-order valence-corrected chi connectivity index (χ2v) is 6.23. The molecule has 1 N–H and O–H groups in total. The van der Waals surface area contributed by atoms with Gasteiger partial charge in [0, 0.05) is 11.4 Å². The number of aryl methyl sites for hydroxylation is 4. The molecule has 136 valence electrons. The fraction of sp³-hybridized carbons (Fsp3) is 0.350. The Kier molecular flexibility index (Phi) is 5.51. The van der Waals surface area contributed by atoms with E-state index in [1.165, 1.54) is 5.56 Å². The first-order valence-corrected chi connectivity index (χ1v) is 8.87. The molecule has 2 heterocycles. The van der Waals surface area contributed by atoms with Gasteiger partial charge in [0.05, 0.1) is 12.3 Å². The third-order valence-electron chi connectivity index (χ3n) is 4.18. The average molecular weight is 352 g/mol. The molecule has 3 aromatic rings. The summed E-state index contributed by atoms with van der Waals surface area (Å²) in [5, 5.41) is 3.20. The highest BCUT2D eigenvalue weighted by molar-refractivity contribution is 5.75. The molecule has 0 bridgehead atoms. The molecule has 0 aliphatic rings. The van der Waals surface area contributed by atoms with E-state index in [9.17, 15) is 4.79 Å². The first-order valence-electron chi connectivity index (χ1n) is 8.87. The summed E-state index contributed by atoms with van der Waals surface area (Å²) in [6.07, 6.45) is 1.63. The number of carbonyl (C=O) groups excluding carboxylic acids is 1. The number of fused-ring (bicyclic) bond motifs is 1. The van der Waals surface area contributed by atoms with Crippen LogP contribution in [0.3, 0.4) is 0 Å². The fourth-order valence-electron chi connectivity index (χ4n) is 3.05. The van der Waals surface area contributed by atoms with Crippen molar-refractivity contribution in [1.82, 2.24) is 14.4 Å². The van der Waals surface area contributed by atoms with Crippen LogP contribution in [-0.4, -0.2) is 33.5 Å². The number of imidazole rings is 1. The lowest BCUT2D eigenvalue weighted by Crippen LogP contribution is -2.18. The molecule has 2 aromatic heterocycles. The Labute approximate surface area is 153 Å². The minimum atomic E-state index is -0.283. The van der Waals surface area contributed by atoms with E-state index in [0.29, 0.717) is 12.4 Å². The summed E-state index contributed by atoms with van der Waals surface area (Å²) in [7, 11) is 0. The van der Waals surface area contributed by atoms with Crippen LogP contribution in [0.4, 0.5) is 5.82 Å². The molecule has 0 saturated heterocycles. The lowest BCUT2D eigenvalue weighted by Gasteiger charge is -2.10. The predicted octanol–water partition coefficient (Wildman–Crippen LogP) is 3.11. The lowest BCUT2D eigenvalue weighted by molar-refractivity contribution is -0.140. The highest BCUT2D eigenvalue weighted by atomic mass is 16.5. The van der Waals surface area contributed by atoms with Crippen LogP contribution in [0.2, 0.25) is 0 Å². The van der Waals surface area contributed by atoms with Gasteiger partial charge in [-0.1, -0.05) is 30.3 Å². The van der Waals surface area contributed by atoms with E-state index in [0.717, 1.165) is 35.7 Å². The van der Waals surface area contributed by atoms with Crippen molar-refractivity contribution in [2.24, 2.45) is 0 Å². The SMILES string of the molecule is CCOC(=O)CNc1c(CCc2ccccc2)nc2nc(C)cc(C)n12. The Morgan fingerprint density at radius 3 is 2.65 bits per heavy atom.